The number of rotatable bonds is 7. The molecule has 2 aromatic heterocycles. The third-order valence-corrected chi connectivity index (χ3v) is 5.18. The Morgan fingerprint density at radius 3 is 2.59 bits per heavy atom. The van der Waals surface area contributed by atoms with E-state index in [1.165, 1.54) is 0 Å². The first-order valence-electron chi connectivity index (χ1n) is 10.3. The fraction of sp³-hybridized carbons (Fsp3) is 0.0769. The Bertz CT molecular complexity index is 1320. The van der Waals surface area contributed by atoms with Crippen LogP contribution in [0.2, 0.25) is 0 Å². The Kier molecular flexibility index (Phi) is 5.41. The van der Waals surface area contributed by atoms with Crippen molar-refractivity contribution in [2.45, 2.75) is 13.2 Å². The Hall–Kier alpha value is -4.32. The molecule has 0 spiro atoms. The Balaban J connectivity index is 1.28. The summed E-state index contributed by atoms with van der Waals surface area (Å²) in [7, 11) is 0. The van der Waals surface area contributed by atoms with Gasteiger partial charge >= 0.3 is 0 Å². The van der Waals surface area contributed by atoms with Crippen LogP contribution in [-0.2, 0) is 13.2 Å². The van der Waals surface area contributed by atoms with Crippen LogP contribution in [0.15, 0.2) is 102 Å². The molecule has 6 nitrogen and oxygen atoms in total. The number of nitrogens with zero attached hydrogens (tertiary/aromatic N) is 2. The van der Waals surface area contributed by atoms with Crippen LogP contribution in [-0.4, -0.2) is 15.5 Å². The maximum atomic E-state index is 12.5. The number of fused-ring (bicyclic) bond motifs is 1. The molecular formula is C26H21N3O3. The first kappa shape index (κ1) is 19.6. The molecule has 0 fully saturated rings. The van der Waals surface area contributed by atoms with Crippen molar-refractivity contribution in [1.29, 1.82) is 0 Å². The molecule has 158 valence electrons. The number of furan rings is 1. The quantitative estimate of drug-likeness (QED) is 0.394. The van der Waals surface area contributed by atoms with Gasteiger partial charge in [-0.25, -0.2) is 4.98 Å². The van der Waals surface area contributed by atoms with E-state index in [0.717, 1.165) is 28.0 Å². The zero-order valence-corrected chi connectivity index (χ0v) is 17.3. The number of hydrogen-bond donors (Lipinski definition) is 1. The number of imidazole rings is 1. The summed E-state index contributed by atoms with van der Waals surface area (Å²) in [6, 6.07) is 27.1. The average Bonchev–Trinajstić information content (AvgIpc) is 3.52. The molecule has 5 rings (SSSR count). The molecule has 0 aliphatic carbocycles. The van der Waals surface area contributed by atoms with E-state index in [9.17, 15) is 4.79 Å². The number of carbonyl (C=O) groups excluding carboxylic acids is 1. The number of aromatic nitrogens is 2. The number of benzene rings is 3. The van der Waals surface area contributed by atoms with Gasteiger partial charge in [0.25, 0.3) is 5.91 Å². The molecule has 1 amide bonds. The van der Waals surface area contributed by atoms with Crippen molar-refractivity contribution in [3.8, 4) is 11.4 Å². The van der Waals surface area contributed by atoms with Crippen molar-refractivity contribution in [3.05, 3.63) is 114 Å². The van der Waals surface area contributed by atoms with Crippen LogP contribution in [0.4, 0.5) is 0 Å². The lowest BCUT2D eigenvalue weighted by molar-refractivity contribution is 0.0948. The van der Waals surface area contributed by atoms with Crippen molar-refractivity contribution in [1.82, 2.24) is 14.9 Å². The Morgan fingerprint density at radius 1 is 0.969 bits per heavy atom. The first-order chi connectivity index (χ1) is 15.8. The van der Waals surface area contributed by atoms with Crippen LogP contribution >= 0.6 is 0 Å². The zero-order chi connectivity index (χ0) is 21.8. The van der Waals surface area contributed by atoms with Crippen molar-refractivity contribution >= 4 is 16.9 Å². The lowest BCUT2D eigenvalue weighted by atomic mass is 10.2. The van der Waals surface area contributed by atoms with Gasteiger partial charge in [-0.15, -0.1) is 0 Å². The average molecular weight is 423 g/mol. The minimum absolute atomic E-state index is 0.169. The maximum Gasteiger partial charge on any atom is 0.251 e. The summed E-state index contributed by atoms with van der Waals surface area (Å²) in [4.78, 5) is 16.9. The summed E-state index contributed by atoms with van der Waals surface area (Å²) in [5.74, 6) is 1.34. The highest BCUT2D eigenvalue weighted by molar-refractivity contribution is 5.97. The van der Waals surface area contributed by atoms with Crippen LogP contribution in [0.3, 0.4) is 0 Å². The highest BCUT2D eigenvalue weighted by Crippen LogP contribution is 2.22. The van der Waals surface area contributed by atoms with E-state index in [2.05, 4.69) is 10.3 Å². The van der Waals surface area contributed by atoms with E-state index < -0.39 is 0 Å². The van der Waals surface area contributed by atoms with Gasteiger partial charge in [0.1, 0.15) is 24.4 Å². The monoisotopic (exact) mass is 423 g/mol. The fourth-order valence-corrected chi connectivity index (χ4v) is 3.49. The highest BCUT2D eigenvalue weighted by atomic mass is 16.5. The molecule has 1 N–H and O–H groups in total. The SMILES string of the molecule is O=C(NCc1ccco1)c1ccc2c(c1)ncn2-c1ccc(OCc2ccccc2)cc1. The van der Waals surface area contributed by atoms with Gasteiger partial charge in [-0.3, -0.25) is 9.36 Å². The van der Waals surface area contributed by atoms with Crippen molar-refractivity contribution in [3.63, 3.8) is 0 Å². The highest BCUT2D eigenvalue weighted by Gasteiger charge is 2.11. The molecule has 32 heavy (non-hydrogen) atoms. The smallest absolute Gasteiger partial charge is 0.251 e. The molecule has 2 heterocycles. The van der Waals surface area contributed by atoms with E-state index in [0.29, 0.717) is 24.5 Å². The second-order valence-corrected chi connectivity index (χ2v) is 7.35. The van der Waals surface area contributed by atoms with E-state index in [1.54, 1.807) is 30.8 Å². The molecule has 3 aromatic carbocycles. The lowest BCUT2D eigenvalue weighted by Crippen LogP contribution is -2.22. The van der Waals surface area contributed by atoms with Crippen molar-refractivity contribution < 1.29 is 13.9 Å². The molecule has 0 aliphatic rings. The summed E-state index contributed by atoms with van der Waals surface area (Å²) in [6.07, 6.45) is 3.34. The van der Waals surface area contributed by atoms with Gasteiger partial charge in [0.2, 0.25) is 0 Å². The second-order valence-electron chi connectivity index (χ2n) is 7.35. The molecular weight excluding hydrogens is 402 g/mol. The van der Waals surface area contributed by atoms with Crippen molar-refractivity contribution in [2.24, 2.45) is 0 Å². The third-order valence-electron chi connectivity index (χ3n) is 5.18. The molecule has 0 bridgehead atoms. The molecule has 0 radical (unpaired) electrons. The first-order valence-corrected chi connectivity index (χ1v) is 10.3. The number of hydrogen-bond acceptors (Lipinski definition) is 4. The van der Waals surface area contributed by atoms with Crippen LogP contribution in [0.1, 0.15) is 21.7 Å². The Labute approximate surface area is 185 Å². The Morgan fingerprint density at radius 2 is 1.81 bits per heavy atom. The molecule has 6 heteroatoms. The summed E-state index contributed by atoms with van der Waals surface area (Å²) >= 11 is 0. The maximum absolute atomic E-state index is 12.5. The summed E-state index contributed by atoms with van der Waals surface area (Å²) < 4.78 is 13.1. The van der Waals surface area contributed by atoms with Gasteiger partial charge in [-0.05, 0) is 60.2 Å². The van der Waals surface area contributed by atoms with Gasteiger partial charge in [-0.1, -0.05) is 30.3 Å². The van der Waals surface area contributed by atoms with Gasteiger partial charge in [0.15, 0.2) is 0 Å². The topological polar surface area (TPSA) is 69.3 Å². The standard InChI is InChI=1S/C26H21N3O3/c30-26(27-16-23-7-4-14-31-23)20-8-13-25-24(15-20)28-18-29(25)21-9-11-22(12-10-21)32-17-19-5-2-1-3-6-19/h1-15,18H,16-17H2,(H,27,30). The van der Waals surface area contributed by atoms with Gasteiger partial charge in [-0.2, -0.15) is 0 Å². The van der Waals surface area contributed by atoms with E-state index in [-0.39, 0.29) is 5.91 Å². The van der Waals surface area contributed by atoms with Crippen LogP contribution in [0.5, 0.6) is 5.75 Å². The number of ether oxygens (including phenoxy) is 1. The molecule has 0 saturated carbocycles. The predicted molar refractivity (Wildman–Crippen MR) is 122 cm³/mol. The van der Waals surface area contributed by atoms with Crippen molar-refractivity contribution in [2.75, 3.05) is 0 Å². The van der Waals surface area contributed by atoms with Crippen LogP contribution in [0.25, 0.3) is 16.7 Å². The summed E-state index contributed by atoms with van der Waals surface area (Å²) in [5.41, 5.74) is 4.32. The zero-order valence-electron chi connectivity index (χ0n) is 17.3. The minimum Gasteiger partial charge on any atom is -0.489 e. The normalized spacial score (nSPS) is 10.9. The second kappa shape index (κ2) is 8.81. The van der Waals surface area contributed by atoms with E-state index in [4.69, 9.17) is 9.15 Å². The number of amides is 1. The minimum atomic E-state index is -0.169. The molecule has 0 aliphatic heterocycles. The third kappa shape index (κ3) is 4.25. The van der Waals surface area contributed by atoms with Gasteiger partial charge < -0.3 is 14.5 Å². The lowest BCUT2D eigenvalue weighted by Gasteiger charge is -2.09. The van der Waals surface area contributed by atoms with Crippen LogP contribution in [0, 0.1) is 0 Å². The van der Waals surface area contributed by atoms with Gasteiger partial charge in [0, 0.05) is 11.3 Å². The van der Waals surface area contributed by atoms with Gasteiger partial charge in [0.05, 0.1) is 23.8 Å². The summed E-state index contributed by atoms with van der Waals surface area (Å²) in [5, 5.41) is 2.85. The predicted octanol–water partition coefficient (Wildman–Crippen LogP) is 5.13. The molecule has 5 aromatic rings. The number of carbonyl (C=O) groups is 1. The fourth-order valence-electron chi connectivity index (χ4n) is 3.49. The summed E-state index contributed by atoms with van der Waals surface area (Å²) in [6.45, 7) is 0.871. The molecule has 0 unspecified atom stereocenters. The largest absolute Gasteiger partial charge is 0.489 e. The van der Waals surface area contributed by atoms with Crippen LogP contribution < -0.4 is 10.1 Å². The number of nitrogens with one attached hydrogen (secondary N) is 1. The molecule has 0 atom stereocenters. The van der Waals surface area contributed by atoms with E-state index >= 15 is 0 Å². The van der Waals surface area contributed by atoms with E-state index in [1.807, 2.05) is 71.3 Å². The molecule has 0 saturated heterocycles.